The Kier molecular flexibility index (Phi) is 5.18. The van der Waals surface area contributed by atoms with Crippen LogP contribution in [0.1, 0.15) is 12.8 Å². The smallest absolute Gasteiger partial charge is 0.271 e. The third-order valence-corrected chi connectivity index (χ3v) is 5.34. The molecule has 0 saturated carbocycles. The molecule has 4 rings (SSSR count). The molecule has 0 radical (unpaired) electrons. The summed E-state index contributed by atoms with van der Waals surface area (Å²) in [6.45, 7) is 0. The van der Waals surface area contributed by atoms with E-state index in [-0.39, 0.29) is 18.2 Å². The zero-order valence-electron chi connectivity index (χ0n) is 14.6. The average molecular weight is 411 g/mol. The van der Waals surface area contributed by atoms with Gasteiger partial charge in [0.1, 0.15) is 10.7 Å². The molecule has 2 aromatic carbocycles. The van der Waals surface area contributed by atoms with Crippen LogP contribution in [0.3, 0.4) is 0 Å². The van der Waals surface area contributed by atoms with Crippen LogP contribution in [-0.2, 0) is 9.59 Å². The maximum absolute atomic E-state index is 12.2. The number of rotatable bonds is 4. The maximum Gasteiger partial charge on any atom is 0.271 e. The van der Waals surface area contributed by atoms with Crippen LogP contribution in [-0.4, -0.2) is 22.5 Å². The lowest BCUT2D eigenvalue weighted by Crippen LogP contribution is -2.32. The predicted octanol–water partition coefficient (Wildman–Crippen LogP) is 4.34. The van der Waals surface area contributed by atoms with Gasteiger partial charge in [0.05, 0.1) is 5.69 Å². The minimum atomic E-state index is -0.313. The van der Waals surface area contributed by atoms with Crippen molar-refractivity contribution in [3.8, 4) is 21.8 Å². The quantitative estimate of drug-likeness (QED) is 0.671. The Bertz CT molecular complexity index is 1060. The van der Waals surface area contributed by atoms with Gasteiger partial charge in [-0.2, -0.15) is 5.10 Å². The standard InChI is InChI=1S/C20H15ClN4O2S/c21-14-5-1-13(2-6-14)20-23-17(11-28-20)12-3-7-15(8-4-12)22-19(27)16-9-10-18(26)25-24-16/h1-8,11H,9-10H2,(H,22,27)(H,25,26). The van der Waals surface area contributed by atoms with Gasteiger partial charge in [-0.3, -0.25) is 9.59 Å². The number of carbonyl (C=O) groups is 2. The fourth-order valence-electron chi connectivity index (χ4n) is 2.70. The van der Waals surface area contributed by atoms with Gasteiger partial charge in [-0.25, -0.2) is 10.4 Å². The van der Waals surface area contributed by atoms with Crippen molar-refractivity contribution >= 4 is 46.2 Å². The molecule has 0 aliphatic carbocycles. The van der Waals surface area contributed by atoms with Crippen molar-refractivity contribution in [1.29, 1.82) is 0 Å². The lowest BCUT2D eigenvalue weighted by Gasteiger charge is -2.12. The summed E-state index contributed by atoms with van der Waals surface area (Å²) in [5, 5.41) is 10.2. The van der Waals surface area contributed by atoms with Crippen molar-refractivity contribution in [3.05, 3.63) is 58.9 Å². The zero-order valence-corrected chi connectivity index (χ0v) is 16.2. The van der Waals surface area contributed by atoms with Crippen LogP contribution >= 0.6 is 22.9 Å². The van der Waals surface area contributed by atoms with Crippen LogP contribution < -0.4 is 10.7 Å². The van der Waals surface area contributed by atoms with E-state index in [2.05, 4.69) is 20.8 Å². The molecule has 2 N–H and O–H groups in total. The molecule has 1 aliphatic heterocycles. The highest BCUT2D eigenvalue weighted by molar-refractivity contribution is 7.13. The van der Waals surface area contributed by atoms with Gasteiger partial charge in [0.2, 0.25) is 5.91 Å². The number of amides is 2. The first kappa shape index (κ1) is 18.3. The number of benzene rings is 2. The van der Waals surface area contributed by atoms with Gasteiger partial charge in [0, 0.05) is 40.1 Å². The van der Waals surface area contributed by atoms with Crippen molar-refractivity contribution in [2.45, 2.75) is 12.8 Å². The molecule has 3 aromatic rings. The first-order valence-corrected chi connectivity index (χ1v) is 9.83. The van der Waals surface area contributed by atoms with Crippen molar-refractivity contribution in [3.63, 3.8) is 0 Å². The molecule has 1 aliphatic rings. The number of carbonyl (C=O) groups excluding carboxylic acids is 2. The number of halogens is 1. The van der Waals surface area contributed by atoms with Gasteiger partial charge in [-0.15, -0.1) is 11.3 Å². The zero-order chi connectivity index (χ0) is 19.5. The number of anilines is 1. The SMILES string of the molecule is O=C1CCC(C(=O)Nc2ccc(-c3csc(-c4ccc(Cl)cc4)n3)cc2)=NN1. The van der Waals surface area contributed by atoms with Crippen molar-refractivity contribution in [2.75, 3.05) is 5.32 Å². The first-order chi connectivity index (χ1) is 13.6. The lowest BCUT2D eigenvalue weighted by atomic mass is 10.1. The average Bonchev–Trinajstić information content (AvgIpc) is 3.20. The van der Waals surface area contributed by atoms with Crippen molar-refractivity contribution in [1.82, 2.24) is 10.4 Å². The molecule has 0 unspecified atom stereocenters. The van der Waals surface area contributed by atoms with Gasteiger partial charge >= 0.3 is 0 Å². The summed E-state index contributed by atoms with van der Waals surface area (Å²) >= 11 is 7.50. The van der Waals surface area contributed by atoms with Gasteiger partial charge < -0.3 is 5.32 Å². The second-order valence-electron chi connectivity index (χ2n) is 6.17. The number of hydrogen-bond acceptors (Lipinski definition) is 5. The van der Waals surface area contributed by atoms with Crippen molar-refractivity contribution < 1.29 is 9.59 Å². The Balaban J connectivity index is 1.45. The topological polar surface area (TPSA) is 83.5 Å². The van der Waals surface area contributed by atoms with Crippen LogP contribution in [0.4, 0.5) is 5.69 Å². The highest BCUT2D eigenvalue weighted by atomic mass is 35.5. The molecule has 0 fully saturated rings. The molecule has 6 nitrogen and oxygen atoms in total. The Hall–Kier alpha value is -3.03. The molecule has 28 heavy (non-hydrogen) atoms. The highest BCUT2D eigenvalue weighted by Gasteiger charge is 2.18. The molecular formula is C20H15ClN4O2S. The summed E-state index contributed by atoms with van der Waals surface area (Å²) in [4.78, 5) is 28.0. The van der Waals surface area contributed by atoms with E-state index in [1.54, 1.807) is 11.3 Å². The summed E-state index contributed by atoms with van der Waals surface area (Å²) in [6, 6.07) is 15.0. The monoisotopic (exact) mass is 410 g/mol. The number of aromatic nitrogens is 1. The molecule has 2 heterocycles. The Morgan fingerprint density at radius 3 is 2.43 bits per heavy atom. The molecule has 1 aromatic heterocycles. The van der Waals surface area contributed by atoms with Gasteiger partial charge in [-0.1, -0.05) is 35.9 Å². The van der Waals surface area contributed by atoms with E-state index in [1.807, 2.05) is 53.9 Å². The Morgan fingerprint density at radius 1 is 1.04 bits per heavy atom. The molecule has 2 amide bonds. The minimum Gasteiger partial charge on any atom is -0.321 e. The molecule has 140 valence electrons. The molecular weight excluding hydrogens is 396 g/mol. The van der Waals surface area contributed by atoms with E-state index in [0.29, 0.717) is 22.8 Å². The summed E-state index contributed by atoms with van der Waals surface area (Å²) in [5.74, 6) is -0.492. The fourth-order valence-corrected chi connectivity index (χ4v) is 3.66. The number of nitrogens with zero attached hydrogens (tertiary/aromatic N) is 2. The van der Waals surface area contributed by atoms with Crippen LogP contribution in [0.15, 0.2) is 59.0 Å². The summed E-state index contributed by atoms with van der Waals surface area (Å²) in [5.41, 5.74) is 6.13. The van der Waals surface area contributed by atoms with Crippen LogP contribution in [0, 0.1) is 0 Å². The Labute approximate surface area is 170 Å². The fraction of sp³-hybridized carbons (Fsp3) is 0.100. The van der Waals surface area contributed by atoms with Crippen LogP contribution in [0.25, 0.3) is 21.8 Å². The van der Waals surface area contributed by atoms with E-state index in [9.17, 15) is 9.59 Å². The van der Waals surface area contributed by atoms with E-state index in [0.717, 1.165) is 21.8 Å². The van der Waals surface area contributed by atoms with Crippen molar-refractivity contribution in [2.24, 2.45) is 5.10 Å². The highest BCUT2D eigenvalue weighted by Crippen LogP contribution is 2.30. The van der Waals surface area contributed by atoms with E-state index in [1.165, 1.54) is 0 Å². The Morgan fingerprint density at radius 2 is 1.75 bits per heavy atom. The lowest BCUT2D eigenvalue weighted by molar-refractivity contribution is -0.121. The number of nitrogens with one attached hydrogen (secondary N) is 2. The van der Waals surface area contributed by atoms with Crippen LogP contribution in [0.2, 0.25) is 5.02 Å². The summed E-state index contributed by atoms with van der Waals surface area (Å²) in [7, 11) is 0. The molecule has 0 bridgehead atoms. The van der Waals surface area contributed by atoms with Gasteiger partial charge in [0.25, 0.3) is 5.91 Å². The largest absolute Gasteiger partial charge is 0.321 e. The second kappa shape index (κ2) is 7.92. The third kappa shape index (κ3) is 4.11. The maximum atomic E-state index is 12.2. The van der Waals surface area contributed by atoms with Gasteiger partial charge in [-0.05, 0) is 24.3 Å². The van der Waals surface area contributed by atoms with E-state index >= 15 is 0 Å². The first-order valence-electron chi connectivity index (χ1n) is 8.57. The minimum absolute atomic E-state index is 0.179. The van der Waals surface area contributed by atoms with E-state index in [4.69, 9.17) is 11.6 Å². The van der Waals surface area contributed by atoms with E-state index < -0.39 is 0 Å². The number of hydrazone groups is 1. The van der Waals surface area contributed by atoms with Crippen LogP contribution in [0.5, 0.6) is 0 Å². The molecule has 0 spiro atoms. The summed E-state index contributed by atoms with van der Waals surface area (Å²) in [6.07, 6.45) is 0.604. The third-order valence-electron chi connectivity index (χ3n) is 4.20. The van der Waals surface area contributed by atoms with Gasteiger partial charge in [0.15, 0.2) is 0 Å². The number of thiazole rings is 1. The molecule has 0 atom stereocenters. The summed E-state index contributed by atoms with van der Waals surface area (Å²) < 4.78 is 0. The molecule has 8 heteroatoms. The molecule has 0 saturated heterocycles. The normalized spacial score (nSPS) is 13.6. The number of hydrogen-bond donors (Lipinski definition) is 2. The second-order valence-corrected chi connectivity index (χ2v) is 7.46. The predicted molar refractivity (Wildman–Crippen MR) is 111 cm³/mol.